The smallest absolute Gasteiger partial charge is 0.394 e. The zero-order chi connectivity index (χ0) is 18.9. The van der Waals surface area contributed by atoms with E-state index in [0.29, 0.717) is 13.0 Å². The number of nitrogens with one attached hydrogen (secondary N) is 1. The predicted molar refractivity (Wildman–Crippen MR) is 84.9 cm³/mol. The molecule has 0 spiro atoms. The Kier molecular flexibility index (Phi) is 4.97. The Morgan fingerprint density at radius 2 is 2.00 bits per heavy atom. The molecule has 0 saturated carbocycles. The largest absolute Gasteiger partial charge is 0.493 e. The maximum atomic E-state index is 13.0. The van der Waals surface area contributed by atoms with E-state index >= 15 is 0 Å². The number of para-hydroxylation sites is 1. The van der Waals surface area contributed by atoms with Gasteiger partial charge in [-0.25, -0.2) is 4.79 Å². The average molecular weight is 372 g/mol. The first kappa shape index (κ1) is 18.3. The second-order valence-corrected chi connectivity index (χ2v) is 6.56. The first-order valence-electron chi connectivity index (χ1n) is 8.31. The van der Waals surface area contributed by atoms with Crippen LogP contribution >= 0.6 is 0 Å². The number of carbonyl (C=O) groups excluding carboxylic acids is 1. The number of hydrogen-bond acceptors (Lipinski definition) is 3. The van der Waals surface area contributed by atoms with Gasteiger partial charge in [0.05, 0.1) is 18.4 Å². The van der Waals surface area contributed by atoms with Gasteiger partial charge in [0.25, 0.3) is 0 Å². The molecule has 2 aliphatic heterocycles. The number of urea groups is 1. The Balaban J connectivity index is 1.62. The van der Waals surface area contributed by atoms with Crippen molar-refractivity contribution in [2.24, 2.45) is 11.8 Å². The van der Waals surface area contributed by atoms with Crippen LogP contribution in [0.2, 0.25) is 0 Å². The van der Waals surface area contributed by atoms with Crippen LogP contribution in [-0.4, -0.2) is 54.4 Å². The highest BCUT2D eigenvalue weighted by Gasteiger charge is 2.53. The molecular formula is C17H19F3N2O4. The van der Waals surface area contributed by atoms with Crippen molar-refractivity contribution in [3.8, 4) is 5.75 Å². The fourth-order valence-electron chi connectivity index (χ4n) is 3.50. The van der Waals surface area contributed by atoms with Crippen LogP contribution in [0.15, 0.2) is 24.3 Å². The Morgan fingerprint density at radius 3 is 2.65 bits per heavy atom. The molecule has 26 heavy (non-hydrogen) atoms. The van der Waals surface area contributed by atoms with Gasteiger partial charge in [0.2, 0.25) is 0 Å². The van der Waals surface area contributed by atoms with Gasteiger partial charge in [0.15, 0.2) is 0 Å². The Labute approximate surface area is 147 Å². The first-order valence-corrected chi connectivity index (χ1v) is 8.31. The van der Waals surface area contributed by atoms with E-state index in [-0.39, 0.29) is 12.5 Å². The van der Waals surface area contributed by atoms with Crippen molar-refractivity contribution < 1.29 is 32.6 Å². The average Bonchev–Trinajstić information content (AvgIpc) is 3.06. The molecule has 0 bridgehead atoms. The molecule has 1 aromatic carbocycles. The third-order valence-electron chi connectivity index (χ3n) is 4.93. The normalized spacial score (nSPS) is 25.3. The summed E-state index contributed by atoms with van der Waals surface area (Å²) in [7, 11) is 0. The van der Waals surface area contributed by atoms with Gasteiger partial charge in [0, 0.05) is 25.6 Å². The second-order valence-electron chi connectivity index (χ2n) is 6.56. The Bertz CT molecular complexity index is 695. The monoisotopic (exact) mass is 372 g/mol. The summed E-state index contributed by atoms with van der Waals surface area (Å²) in [6, 6.07) is 6.74. The van der Waals surface area contributed by atoms with E-state index < -0.39 is 43.1 Å². The highest BCUT2D eigenvalue weighted by atomic mass is 19.4. The van der Waals surface area contributed by atoms with Crippen molar-refractivity contribution in [3.63, 3.8) is 0 Å². The molecule has 3 rings (SSSR count). The molecule has 6 nitrogen and oxygen atoms in total. The molecule has 2 heterocycles. The lowest BCUT2D eigenvalue weighted by Crippen LogP contribution is -2.41. The number of carbonyl (C=O) groups is 2. The quantitative estimate of drug-likeness (QED) is 0.854. The lowest BCUT2D eigenvalue weighted by Gasteiger charge is -2.27. The van der Waals surface area contributed by atoms with Crippen molar-refractivity contribution in [3.05, 3.63) is 29.8 Å². The molecule has 0 aliphatic carbocycles. The van der Waals surface area contributed by atoms with E-state index in [1.807, 2.05) is 24.3 Å². The van der Waals surface area contributed by atoms with Crippen molar-refractivity contribution in [2.75, 3.05) is 26.2 Å². The van der Waals surface area contributed by atoms with E-state index in [2.05, 4.69) is 5.32 Å². The van der Waals surface area contributed by atoms with Crippen LogP contribution in [-0.2, 0) is 4.79 Å². The van der Waals surface area contributed by atoms with Crippen LogP contribution in [0.4, 0.5) is 18.0 Å². The van der Waals surface area contributed by atoms with Gasteiger partial charge in [-0.2, -0.15) is 13.2 Å². The maximum absolute atomic E-state index is 13.0. The summed E-state index contributed by atoms with van der Waals surface area (Å²) < 4.78 is 44.6. The van der Waals surface area contributed by atoms with E-state index in [9.17, 15) is 22.8 Å². The van der Waals surface area contributed by atoms with Gasteiger partial charge < -0.3 is 20.1 Å². The minimum atomic E-state index is -4.66. The SMILES string of the molecule is O=C(O)[C@@H]1CN(C(=O)NCC2CCOc3ccccc32)C[C@H]1C(F)(F)F. The van der Waals surface area contributed by atoms with E-state index in [1.165, 1.54) is 0 Å². The van der Waals surface area contributed by atoms with Gasteiger partial charge in [-0.1, -0.05) is 18.2 Å². The number of rotatable bonds is 3. The highest BCUT2D eigenvalue weighted by Crippen LogP contribution is 2.38. The fourth-order valence-corrected chi connectivity index (χ4v) is 3.50. The molecule has 0 radical (unpaired) electrons. The molecule has 1 fully saturated rings. The summed E-state index contributed by atoms with van der Waals surface area (Å²) in [5.41, 5.74) is 0.942. The van der Waals surface area contributed by atoms with Gasteiger partial charge in [-0.15, -0.1) is 0 Å². The molecule has 3 atom stereocenters. The summed E-state index contributed by atoms with van der Waals surface area (Å²) >= 11 is 0. The molecule has 9 heteroatoms. The molecule has 1 aromatic rings. The number of carboxylic acid groups (broad SMARTS) is 1. The van der Waals surface area contributed by atoms with Crippen LogP contribution in [0.1, 0.15) is 17.9 Å². The fraction of sp³-hybridized carbons (Fsp3) is 0.529. The number of fused-ring (bicyclic) bond motifs is 1. The van der Waals surface area contributed by atoms with Crippen molar-refractivity contribution >= 4 is 12.0 Å². The molecule has 142 valence electrons. The van der Waals surface area contributed by atoms with Crippen LogP contribution in [0.25, 0.3) is 0 Å². The van der Waals surface area contributed by atoms with E-state index in [1.54, 1.807) is 0 Å². The number of alkyl halides is 3. The lowest BCUT2D eigenvalue weighted by atomic mass is 9.93. The maximum Gasteiger partial charge on any atom is 0.394 e. The number of likely N-dealkylation sites (tertiary alicyclic amines) is 1. The standard InChI is InChI=1S/C17H19F3N2O4/c18-17(19,20)13-9-22(8-12(13)15(23)24)16(25)21-7-10-5-6-26-14-4-2-1-3-11(10)14/h1-4,10,12-13H,5-9H2,(H,21,25)(H,23,24)/t10?,12-,13-/m1/s1. The zero-order valence-electron chi connectivity index (χ0n) is 13.8. The number of carboxylic acids is 1. The summed E-state index contributed by atoms with van der Waals surface area (Å²) in [4.78, 5) is 24.3. The molecule has 2 aliphatic rings. The van der Waals surface area contributed by atoms with Crippen LogP contribution in [0, 0.1) is 11.8 Å². The second kappa shape index (κ2) is 7.05. The molecular weight excluding hydrogens is 353 g/mol. The number of halogens is 3. The topological polar surface area (TPSA) is 78.9 Å². The molecule has 1 saturated heterocycles. The highest BCUT2D eigenvalue weighted by molar-refractivity contribution is 5.77. The van der Waals surface area contributed by atoms with Gasteiger partial charge in [0.1, 0.15) is 5.75 Å². The van der Waals surface area contributed by atoms with Gasteiger partial charge >= 0.3 is 18.2 Å². The van der Waals surface area contributed by atoms with Gasteiger partial charge in [-0.3, -0.25) is 4.79 Å². The van der Waals surface area contributed by atoms with E-state index in [0.717, 1.165) is 16.2 Å². The molecule has 2 amide bonds. The minimum Gasteiger partial charge on any atom is -0.493 e. The molecule has 1 unspecified atom stereocenters. The Morgan fingerprint density at radius 1 is 1.27 bits per heavy atom. The summed E-state index contributed by atoms with van der Waals surface area (Å²) in [5, 5.41) is 11.7. The minimum absolute atomic E-state index is 0.000173. The zero-order valence-corrected chi connectivity index (χ0v) is 13.8. The number of amides is 2. The van der Waals surface area contributed by atoms with Crippen LogP contribution < -0.4 is 10.1 Å². The van der Waals surface area contributed by atoms with Gasteiger partial charge in [-0.05, 0) is 18.1 Å². The van der Waals surface area contributed by atoms with Crippen molar-refractivity contribution in [1.82, 2.24) is 10.2 Å². The molecule has 2 N–H and O–H groups in total. The summed E-state index contributed by atoms with van der Waals surface area (Å²) in [6.07, 6.45) is -3.97. The molecule has 0 aromatic heterocycles. The van der Waals surface area contributed by atoms with Crippen LogP contribution in [0.5, 0.6) is 5.75 Å². The van der Waals surface area contributed by atoms with Crippen LogP contribution in [0.3, 0.4) is 0 Å². The third-order valence-corrected chi connectivity index (χ3v) is 4.93. The Hall–Kier alpha value is -2.45. The number of benzene rings is 1. The lowest BCUT2D eigenvalue weighted by molar-refractivity contribution is -0.187. The predicted octanol–water partition coefficient (Wildman–Crippen LogP) is 2.46. The number of ether oxygens (including phenoxy) is 1. The van der Waals surface area contributed by atoms with E-state index in [4.69, 9.17) is 9.84 Å². The first-order chi connectivity index (χ1) is 12.3. The number of aliphatic carboxylic acids is 1. The third kappa shape index (κ3) is 3.71. The number of nitrogens with zero attached hydrogens (tertiary/aromatic N) is 1. The summed E-state index contributed by atoms with van der Waals surface area (Å²) in [6.45, 7) is -0.338. The summed E-state index contributed by atoms with van der Waals surface area (Å²) in [5.74, 6) is -4.48. The van der Waals surface area contributed by atoms with Crippen molar-refractivity contribution in [1.29, 1.82) is 0 Å². The number of hydrogen-bond donors (Lipinski definition) is 2. The van der Waals surface area contributed by atoms with Crippen molar-refractivity contribution in [2.45, 2.75) is 18.5 Å².